The minimum absolute atomic E-state index is 1.94. The minimum Gasteiger partial charge on any atom is -0.481 e. The number of rotatable bonds is 3. The van der Waals surface area contributed by atoms with E-state index in [1.54, 1.807) is 0 Å². The van der Waals surface area contributed by atoms with Gasteiger partial charge in [0.15, 0.2) is 4.87 Å². The molecular weight excluding hydrogens is 286 g/mol. The first-order valence-electron chi connectivity index (χ1n) is 3.46. The third kappa shape index (κ3) is 1.41. The lowest BCUT2D eigenvalue weighted by molar-refractivity contribution is -0.139. The zero-order valence-electron chi connectivity index (χ0n) is 6.66. The van der Waals surface area contributed by atoms with Gasteiger partial charge in [-0.2, -0.15) is 8.78 Å². The fraction of sp³-hybridized carbons (Fsp3) is 0.833. The van der Waals surface area contributed by atoms with Crippen LogP contribution in [0.4, 0.5) is 17.6 Å². The van der Waals surface area contributed by atoms with Crippen molar-refractivity contribution in [3.05, 3.63) is 0 Å². The van der Waals surface area contributed by atoms with Gasteiger partial charge in [0, 0.05) is 0 Å². The predicted octanol–water partition coefficient (Wildman–Crippen LogP) is 2.75. The Morgan fingerprint density at radius 3 is 1.87 bits per heavy atom. The number of hydrogen-bond donors (Lipinski definition) is 1. The predicted molar refractivity (Wildman–Crippen MR) is 45.1 cm³/mol. The van der Waals surface area contributed by atoms with E-state index in [0.717, 1.165) is 0 Å². The Labute approximate surface area is 96.1 Å². The van der Waals surface area contributed by atoms with Crippen molar-refractivity contribution in [2.45, 2.75) is 21.6 Å². The maximum Gasteiger partial charge on any atom is 0.343 e. The van der Waals surface area contributed by atoms with Crippen LogP contribution in [0.25, 0.3) is 0 Å². The van der Waals surface area contributed by atoms with Gasteiger partial charge in [-0.25, -0.2) is 8.78 Å². The van der Waals surface area contributed by atoms with Crippen molar-refractivity contribution in [2.24, 2.45) is 5.92 Å². The molecule has 0 bridgehead atoms. The molecule has 1 N–H and O–H groups in total. The topological polar surface area (TPSA) is 37.3 Å². The van der Waals surface area contributed by atoms with Crippen molar-refractivity contribution in [1.82, 2.24) is 0 Å². The summed E-state index contributed by atoms with van der Waals surface area (Å²) in [6.45, 7) is 0. The van der Waals surface area contributed by atoms with Crippen LogP contribution < -0.4 is 0 Å². The molecule has 0 radical (unpaired) electrons. The molecule has 9 heteroatoms. The number of hydrogen-bond acceptors (Lipinski definition) is 1. The highest BCUT2D eigenvalue weighted by Crippen LogP contribution is 2.72. The van der Waals surface area contributed by atoms with E-state index in [4.69, 9.17) is 28.3 Å². The fourth-order valence-corrected chi connectivity index (χ4v) is 2.65. The van der Waals surface area contributed by atoms with Crippen LogP contribution in [0.2, 0.25) is 0 Å². The van der Waals surface area contributed by atoms with Gasteiger partial charge < -0.3 is 5.11 Å². The number of halogens is 7. The van der Waals surface area contributed by atoms with Gasteiger partial charge in [0.25, 0.3) is 6.43 Å². The van der Waals surface area contributed by atoms with Crippen LogP contribution in [-0.4, -0.2) is 32.6 Å². The maximum atomic E-state index is 12.7. The van der Waals surface area contributed by atoms with Crippen molar-refractivity contribution < 1.29 is 27.5 Å². The second-order valence-corrected chi connectivity index (χ2v) is 4.75. The molecule has 0 aromatic carbocycles. The lowest BCUT2D eigenvalue weighted by Crippen LogP contribution is -2.35. The smallest absolute Gasteiger partial charge is 0.343 e. The van der Waals surface area contributed by atoms with Crippen LogP contribution in [0.5, 0.6) is 0 Å². The average molecular weight is 289 g/mol. The highest BCUT2D eigenvalue weighted by atomic mass is 35.5. The number of alkyl halides is 7. The lowest BCUT2D eigenvalue weighted by atomic mass is 10.3. The van der Waals surface area contributed by atoms with E-state index in [0.29, 0.717) is 0 Å². The average Bonchev–Trinajstić information content (AvgIpc) is 2.51. The molecule has 1 aliphatic carbocycles. The molecule has 1 aliphatic rings. The molecule has 1 saturated carbocycles. The molecule has 0 aromatic rings. The van der Waals surface area contributed by atoms with E-state index >= 15 is 0 Å². The highest BCUT2D eigenvalue weighted by molar-refractivity contribution is 6.46. The van der Waals surface area contributed by atoms with Crippen molar-refractivity contribution in [1.29, 1.82) is 0 Å². The normalized spacial score (nSPS) is 40.7. The Morgan fingerprint density at radius 1 is 1.40 bits per heavy atom. The fourth-order valence-electron chi connectivity index (χ4n) is 1.44. The number of carboxylic acids is 1. The molecule has 0 spiro atoms. The molecule has 0 amide bonds. The first kappa shape index (κ1) is 13.1. The molecular formula is C6H3Cl3F4O2. The zero-order chi connectivity index (χ0) is 12.2. The Balaban J connectivity index is 3.18. The quantitative estimate of drug-likeness (QED) is 0.641. The van der Waals surface area contributed by atoms with Gasteiger partial charge in [0.05, 0.1) is 0 Å². The van der Waals surface area contributed by atoms with Gasteiger partial charge in [-0.1, -0.05) is 0 Å². The Bertz CT molecular complexity index is 307. The maximum absolute atomic E-state index is 12.7. The van der Waals surface area contributed by atoms with Gasteiger partial charge in [0.2, 0.25) is 0 Å². The van der Waals surface area contributed by atoms with Gasteiger partial charge in [-0.15, -0.1) is 23.2 Å². The summed E-state index contributed by atoms with van der Waals surface area (Å²) in [6, 6.07) is 0. The monoisotopic (exact) mass is 288 g/mol. The van der Waals surface area contributed by atoms with Crippen LogP contribution in [0.3, 0.4) is 0 Å². The molecule has 0 heterocycles. The third-order valence-corrected chi connectivity index (χ3v) is 4.21. The summed E-state index contributed by atoms with van der Waals surface area (Å²) in [6.07, 6.45) is -3.53. The summed E-state index contributed by atoms with van der Waals surface area (Å²) < 4.78 is 50.2. The van der Waals surface area contributed by atoms with E-state index in [1.165, 1.54) is 0 Å². The zero-order valence-corrected chi connectivity index (χ0v) is 8.92. The van der Waals surface area contributed by atoms with Gasteiger partial charge in [-0.3, -0.25) is 4.79 Å². The van der Waals surface area contributed by atoms with Gasteiger partial charge in [-0.05, 0) is 11.6 Å². The molecule has 1 fully saturated rings. The summed E-state index contributed by atoms with van der Waals surface area (Å²) in [5.74, 6) is -4.25. The van der Waals surface area contributed by atoms with Crippen LogP contribution in [0.1, 0.15) is 0 Å². The molecule has 0 saturated heterocycles. The summed E-state index contributed by atoms with van der Waals surface area (Å²) in [4.78, 5) is 4.22. The van der Waals surface area contributed by atoms with E-state index in [9.17, 15) is 22.4 Å². The summed E-state index contributed by atoms with van der Waals surface area (Å²) in [5, 5.41) is 4.11. The first-order valence-corrected chi connectivity index (χ1v) is 4.60. The Kier molecular flexibility index (Phi) is 2.87. The van der Waals surface area contributed by atoms with E-state index in [1.807, 2.05) is 0 Å². The van der Waals surface area contributed by atoms with Gasteiger partial charge in [0.1, 0.15) is 10.8 Å². The second kappa shape index (κ2) is 3.28. The van der Waals surface area contributed by atoms with E-state index < -0.39 is 33.4 Å². The second-order valence-electron chi connectivity index (χ2n) is 3.05. The van der Waals surface area contributed by atoms with Crippen LogP contribution >= 0.6 is 34.8 Å². The minimum atomic E-state index is -4.34. The van der Waals surface area contributed by atoms with Crippen LogP contribution in [0, 0.1) is 5.92 Å². The molecule has 88 valence electrons. The molecule has 1 rings (SSSR count). The van der Waals surface area contributed by atoms with Gasteiger partial charge >= 0.3 is 11.4 Å². The summed E-state index contributed by atoms with van der Waals surface area (Å²) in [7, 11) is 0. The van der Waals surface area contributed by atoms with Crippen LogP contribution in [-0.2, 0) is 4.79 Å². The lowest BCUT2D eigenvalue weighted by Gasteiger charge is -2.17. The van der Waals surface area contributed by atoms with Crippen molar-refractivity contribution in [3.63, 3.8) is 0 Å². The van der Waals surface area contributed by atoms with Crippen molar-refractivity contribution in [2.75, 3.05) is 0 Å². The number of carboxylic acid groups (broad SMARTS) is 1. The number of aliphatic carboxylic acids is 1. The molecule has 15 heavy (non-hydrogen) atoms. The van der Waals surface area contributed by atoms with Crippen molar-refractivity contribution in [3.8, 4) is 0 Å². The third-order valence-electron chi connectivity index (χ3n) is 2.27. The first-order chi connectivity index (χ1) is 6.51. The Hall–Kier alpha value is 0.0600. The molecule has 3 atom stereocenters. The summed E-state index contributed by atoms with van der Waals surface area (Å²) >= 11 is 14.7. The van der Waals surface area contributed by atoms with E-state index in [-0.39, 0.29) is 0 Å². The summed E-state index contributed by atoms with van der Waals surface area (Å²) in [5.41, 5.74) is 0. The van der Waals surface area contributed by atoms with Crippen molar-refractivity contribution >= 4 is 40.8 Å². The number of carbonyl (C=O) groups is 1. The van der Waals surface area contributed by atoms with Crippen LogP contribution in [0.15, 0.2) is 0 Å². The standard InChI is InChI=1S/C6H3Cl3F4O2/c7-4(3(10)11)1(2(14)15)5(4,8)6(9,12)13/h1,3H,(H,14,15). The highest BCUT2D eigenvalue weighted by Gasteiger charge is 2.92. The molecule has 0 aliphatic heterocycles. The SMILES string of the molecule is O=C(O)C1C(Cl)(C(F)F)C1(Cl)C(F)(F)Cl. The molecule has 0 aromatic heterocycles. The molecule has 3 unspecified atom stereocenters. The largest absolute Gasteiger partial charge is 0.481 e. The Morgan fingerprint density at radius 2 is 1.80 bits per heavy atom. The molecule has 2 nitrogen and oxygen atoms in total. The van der Waals surface area contributed by atoms with E-state index in [2.05, 4.69) is 11.6 Å².